The Balaban J connectivity index is 1.85. The molecule has 0 spiro atoms. The molecule has 0 bridgehead atoms. The largest absolute Gasteiger partial charge is 0.374 e. The van der Waals surface area contributed by atoms with E-state index < -0.39 is 4.92 Å². The highest BCUT2D eigenvalue weighted by molar-refractivity contribution is 6.30. The van der Waals surface area contributed by atoms with Gasteiger partial charge >= 0.3 is 0 Å². The first-order chi connectivity index (χ1) is 10.5. The molecule has 6 nitrogen and oxygen atoms in total. The Bertz CT molecular complexity index is 860. The number of rotatable bonds is 4. The molecule has 1 aromatic carbocycles. The molecule has 3 aromatic rings. The van der Waals surface area contributed by atoms with Gasteiger partial charge in [0.2, 0.25) is 0 Å². The number of nitrogens with zero attached hydrogens (tertiary/aromatic N) is 3. The van der Waals surface area contributed by atoms with E-state index in [9.17, 15) is 10.1 Å². The molecule has 112 valence electrons. The Hall–Kier alpha value is -2.60. The highest BCUT2D eigenvalue weighted by Gasteiger charge is 2.14. The topological polar surface area (TPSA) is 72.5 Å². The third-order valence-corrected chi connectivity index (χ3v) is 3.60. The zero-order valence-corrected chi connectivity index (χ0v) is 12.5. The number of aromatic nitrogens is 2. The van der Waals surface area contributed by atoms with Gasteiger partial charge in [0.05, 0.1) is 17.2 Å². The number of imidazole rings is 1. The molecule has 0 atom stereocenters. The molecule has 0 unspecified atom stereocenters. The van der Waals surface area contributed by atoms with Crippen LogP contribution in [0.25, 0.3) is 5.65 Å². The Kier molecular flexibility index (Phi) is 3.68. The predicted octanol–water partition coefficient (Wildman–Crippen LogP) is 3.82. The molecular weight excluding hydrogens is 304 g/mol. The number of hydrogen-bond acceptors (Lipinski definition) is 4. The summed E-state index contributed by atoms with van der Waals surface area (Å²) in [5.41, 5.74) is 3.10. The molecule has 0 radical (unpaired) electrons. The predicted molar refractivity (Wildman–Crippen MR) is 85.4 cm³/mol. The fraction of sp³-hybridized carbons (Fsp3) is 0.133. The maximum atomic E-state index is 11.1. The third-order valence-electron chi connectivity index (χ3n) is 3.36. The summed E-state index contributed by atoms with van der Waals surface area (Å²) in [5.74, 6) is 0. The van der Waals surface area contributed by atoms with Gasteiger partial charge in [0.25, 0.3) is 5.69 Å². The molecule has 22 heavy (non-hydrogen) atoms. The maximum Gasteiger partial charge on any atom is 0.293 e. The van der Waals surface area contributed by atoms with Crippen molar-refractivity contribution in [3.63, 3.8) is 0 Å². The fourth-order valence-corrected chi connectivity index (χ4v) is 2.44. The minimum Gasteiger partial charge on any atom is -0.374 e. The number of aryl methyl sites for hydroxylation is 1. The monoisotopic (exact) mass is 316 g/mol. The first-order valence-electron chi connectivity index (χ1n) is 6.66. The van der Waals surface area contributed by atoms with Crippen LogP contribution in [0.4, 0.5) is 11.4 Å². The van der Waals surface area contributed by atoms with Crippen molar-refractivity contribution in [1.29, 1.82) is 0 Å². The summed E-state index contributed by atoms with van der Waals surface area (Å²) in [5, 5.41) is 14.4. The standard InChI is InChI=1S/C15H13ClN4O2/c1-10-3-2-4-15-18-12(9-19(10)15)8-17-13-6-5-11(16)7-14(13)20(21)22/h2-7,9,17H,8H2,1H3. The van der Waals surface area contributed by atoms with Crippen molar-refractivity contribution in [2.45, 2.75) is 13.5 Å². The van der Waals surface area contributed by atoms with Crippen molar-refractivity contribution in [3.05, 3.63) is 69.1 Å². The SMILES string of the molecule is Cc1cccc2nc(CNc3ccc(Cl)cc3[N+](=O)[O-])cn12. The summed E-state index contributed by atoms with van der Waals surface area (Å²) >= 11 is 5.80. The Labute approximate surface area is 131 Å². The van der Waals surface area contributed by atoms with Gasteiger partial charge in [-0.15, -0.1) is 0 Å². The lowest BCUT2D eigenvalue weighted by Gasteiger charge is -2.05. The van der Waals surface area contributed by atoms with E-state index in [1.54, 1.807) is 12.1 Å². The molecule has 0 aliphatic heterocycles. The quantitative estimate of drug-likeness (QED) is 0.586. The number of halogens is 1. The second kappa shape index (κ2) is 5.65. The highest BCUT2D eigenvalue weighted by atomic mass is 35.5. The number of pyridine rings is 1. The minimum atomic E-state index is -0.456. The van der Waals surface area contributed by atoms with E-state index >= 15 is 0 Å². The van der Waals surface area contributed by atoms with Gasteiger partial charge in [0, 0.05) is 23.0 Å². The zero-order valence-electron chi connectivity index (χ0n) is 11.8. The molecule has 3 rings (SSSR count). The summed E-state index contributed by atoms with van der Waals surface area (Å²) in [4.78, 5) is 15.1. The summed E-state index contributed by atoms with van der Waals surface area (Å²) in [6.45, 7) is 2.39. The maximum absolute atomic E-state index is 11.1. The first kappa shape index (κ1) is 14.3. The molecule has 0 fully saturated rings. The minimum absolute atomic E-state index is 0.0487. The van der Waals surface area contributed by atoms with Gasteiger partial charge in [0.1, 0.15) is 11.3 Å². The number of fused-ring (bicyclic) bond motifs is 1. The van der Waals surface area contributed by atoms with Crippen LogP contribution in [-0.4, -0.2) is 14.3 Å². The van der Waals surface area contributed by atoms with Crippen LogP contribution in [-0.2, 0) is 6.54 Å². The van der Waals surface area contributed by atoms with Crippen LogP contribution in [0.3, 0.4) is 0 Å². The van der Waals surface area contributed by atoms with E-state index in [-0.39, 0.29) is 5.69 Å². The Morgan fingerprint density at radius 1 is 1.36 bits per heavy atom. The first-order valence-corrected chi connectivity index (χ1v) is 7.04. The van der Waals surface area contributed by atoms with E-state index in [4.69, 9.17) is 11.6 Å². The van der Waals surface area contributed by atoms with Crippen LogP contribution in [0.1, 0.15) is 11.4 Å². The van der Waals surface area contributed by atoms with Crippen molar-refractivity contribution >= 4 is 28.6 Å². The van der Waals surface area contributed by atoms with Gasteiger partial charge < -0.3 is 9.72 Å². The molecular formula is C15H13ClN4O2. The van der Waals surface area contributed by atoms with Crippen LogP contribution in [0, 0.1) is 17.0 Å². The molecule has 1 N–H and O–H groups in total. The Morgan fingerprint density at radius 2 is 2.18 bits per heavy atom. The second-order valence-corrected chi connectivity index (χ2v) is 5.34. The normalized spacial score (nSPS) is 10.8. The van der Waals surface area contributed by atoms with Crippen molar-refractivity contribution in [2.75, 3.05) is 5.32 Å². The van der Waals surface area contributed by atoms with Crippen molar-refractivity contribution in [3.8, 4) is 0 Å². The van der Waals surface area contributed by atoms with Crippen LogP contribution >= 0.6 is 11.6 Å². The number of nitro benzene ring substituents is 1. The van der Waals surface area contributed by atoms with E-state index in [0.29, 0.717) is 17.3 Å². The molecule has 0 amide bonds. The van der Waals surface area contributed by atoms with Crippen molar-refractivity contribution in [1.82, 2.24) is 9.38 Å². The van der Waals surface area contributed by atoms with E-state index in [0.717, 1.165) is 17.0 Å². The zero-order chi connectivity index (χ0) is 15.7. The molecule has 2 heterocycles. The van der Waals surface area contributed by atoms with Crippen molar-refractivity contribution < 1.29 is 4.92 Å². The molecule has 7 heteroatoms. The number of anilines is 1. The molecule has 0 saturated carbocycles. The third kappa shape index (κ3) is 2.73. The number of nitro groups is 1. The molecule has 0 aliphatic rings. The van der Waals surface area contributed by atoms with Gasteiger partial charge in [-0.3, -0.25) is 10.1 Å². The number of nitrogens with one attached hydrogen (secondary N) is 1. The average Bonchev–Trinajstić information content (AvgIpc) is 2.90. The lowest BCUT2D eigenvalue weighted by Crippen LogP contribution is -2.02. The van der Waals surface area contributed by atoms with Gasteiger partial charge in [0.15, 0.2) is 0 Å². The average molecular weight is 317 g/mol. The number of benzene rings is 1. The summed E-state index contributed by atoms with van der Waals surface area (Å²) in [6.07, 6.45) is 1.92. The van der Waals surface area contributed by atoms with E-state index in [1.807, 2.05) is 35.7 Å². The second-order valence-electron chi connectivity index (χ2n) is 4.90. The van der Waals surface area contributed by atoms with Crippen molar-refractivity contribution in [2.24, 2.45) is 0 Å². The number of hydrogen-bond donors (Lipinski definition) is 1. The van der Waals surface area contributed by atoms with Crippen LogP contribution in [0.5, 0.6) is 0 Å². The lowest BCUT2D eigenvalue weighted by molar-refractivity contribution is -0.383. The lowest BCUT2D eigenvalue weighted by atomic mass is 10.2. The van der Waals surface area contributed by atoms with Gasteiger partial charge in [-0.2, -0.15) is 0 Å². The van der Waals surface area contributed by atoms with E-state index in [1.165, 1.54) is 6.07 Å². The summed E-state index contributed by atoms with van der Waals surface area (Å²) in [7, 11) is 0. The molecule has 0 aliphatic carbocycles. The Morgan fingerprint density at radius 3 is 2.91 bits per heavy atom. The summed E-state index contributed by atoms with van der Waals surface area (Å²) in [6, 6.07) is 10.4. The van der Waals surface area contributed by atoms with Gasteiger partial charge in [-0.25, -0.2) is 4.98 Å². The fourth-order valence-electron chi connectivity index (χ4n) is 2.28. The van der Waals surface area contributed by atoms with Crippen LogP contribution in [0.15, 0.2) is 42.6 Å². The van der Waals surface area contributed by atoms with Gasteiger partial charge in [-0.05, 0) is 31.2 Å². The van der Waals surface area contributed by atoms with Crippen LogP contribution in [0.2, 0.25) is 5.02 Å². The molecule has 0 saturated heterocycles. The van der Waals surface area contributed by atoms with E-state index in [2.05, 4.69) is 10.3 Å². The van der Waals surface area contributed by atoms with Gasteiger partial charge in [-0.1, -0.05) is 17.7 Å². The van der Waals surface area contributed by atoms with Crippen LogP contribution < -0.4 is 5.32 Å². The smallest absolute Gasteiger partial charge is 0.293 e. The highest BCUT2D eigenvalue weighted by Crippen LogP contribution is 2.28. The molecule has 2 aromatic heterocycles. The summed E-state index contributed by atoms with van der Waals surface area (Å²) < 4.78 is 1.98.